The summed E-state index contributed by atoms with van der Waals surface area (Å²) in [5, 5.41) is 3.65. The molecular weight excluding hydrogens is 311 g/mol. The van der Waals surface area contributed by atoms with Crippen molar-refractivity contribution in [3.63, 3.8) is 0 Å². The van der Waals surface area contributed by atoms with Gasteiger partial charge in [0.05, 0.1) is 12.5 Å². The normalized spacial score (nSPS) is 12.6. The van der Waals surface area contributed by atoms with Gasteiger partial charge in [0.2, 0.25) is 0 Å². The standard InChI is InChI=1S/C16H12Cl2OS/c1-19-10-6-7-12(14(17)8-10)16(18)13-9-20-15-5-3-2-4-11(13)15/h2-9,16H,1H3. The quantitative estimate of drug-likeness (QED) is 0.546. The van der Waals surface area contributed by atoms with E-state index in [1.165, 1.54) is 10.1 Å². The van der Waals surface area contributed by atoms with Crippen LogP contribution in [-0.2, 0) is 0 Å². The molecule has 0 radical (unpaired) electrons. The van der Waals surface area contributed by atoms with Gasteiger partial charge in [-0.05, 0) is 40.1 Å². The zero-order valence-corrected chi connectivity index (χ0v) is 13.1. The summed E-state index contributed by atoms with van der Waals surface area (Å²) < 4.78 is 6.40. The van der Waals surface area contributed by atoms with Gasteiger partial charge in [-0.2, -0.15) is 0 Å². The molecule has 0 spiro atoms. The maximum Gasteiger partial charge on any atom is 0.120 e. The van der Waals surface area contributed by atoms with E-state index in [-0.39, 0.29) is 5.38 Å². The predicted molar refractivity (Wildman–Crippen MR) is 87.5 cm³/mol. The molecule has 0 saturated heterocycles. The van der Waals surface area contributed by atoms with E-state index in [4.69, 9.17) is 27.9 Å². The van der Waals surface area contributed by atoms with Crippen LogP contribution in [0.5, 0.6) is 5.75 Å². The van der Waals surface area contributed by atoms with Crippen LogP contribution in [0.3, 0.4) is 0 Å². The largest absolute Gasteiger partial charge is 0.497 e. The minimum atomic E-state index is -0.260. The summed E-state index contributed by atoms with van der Waals surface area (Å²) in [6, 6.07) is 13.8. The van der Waals surface area contributed by atoms with Crippen LogP contribution in [0.2, 0.25) is 5.02 Å². The van der Waals surface area contributed by atoms with E-state index in [0.29, 0.717) is 5.02 Å². The molecule has 0 aliphatic carbocycles. The molecule has 2 aromatic carbocycles. The number of rotatable bonds is 3. The highest BCUT2D eigenvalue weighted by Gasteiger charge is 2.18. The molecule has 0 aliphatic rings. The Hall–Kier alpha value is -1.22. The van der Waals surface area contributed by atoms with Crippen LogP contribution < -0.4 is 4.74 Å². The highest BCUT2D eigenvalue weighted by atomic mass is 35.5. The Labute approximate surface area is 131 Å². The molecule has 1 aromatic heterocycles. The van der Waals surface area contributed by atoms with Gasteiger partial charge in [-0.25, -0.2) is 0 Å². The van der Waals surface area contributed by atoms with Crippen molar-refractivity contribution in [3.05, 3.63) is 64.0 Å². The zero-order chi connectivity index (χ0) is 14.1. The SMILES string of the molecule is COc1ccc(C(Cl)c2csc3ccccc23)c(Cl)c1. The summed E-state index contributed by atoms with van der Waals surface area (Å²) >= 11 is 14.6. The summed E-state index contributed by atoms with van der Waals surface area (Å²) in [6.07, 6.45) is 0. The molecule has 0 fully saturated rings. The highest BCUT2D eigenvalue weighted by Crippen LogP contribution is 2.40. The minimum absolute atomic E-state index is 0.260. The van der Waals surface area contributed by atoms with Crippen molar-refractivity contribution in [3.8, 4) is 5.75 Å². The van der Waals surface area contributed by atoms with E-state index in [1.54, 1.807) is 24.5 Å². The second-order valence-corrected chi connectivity index (χ2v) is 6.19. The van der Waals surface area contributed by atoms with Crippen LogP contribution in [-0.4, -0.2) is 7.11 Å². The van der Waals surface area contributed by atoms with E-state index in [2.05, 4.69) is 17.5 Å². The number of benzene rings is 2. The second kappa shape index (κ2) is 5.65. The molecule has 0 amide bonds. The lowest BCUT2D eigenvalue weighted by Crippen LogP contribution is -1.94. The number of ether oxygens (including phenoxy) is 1. The number of methoxy groups -OCH3 is 1. The fourth-order valence-corrected chi connectivity index (χ4v) is 3.97. The molecule has 0 aliphatic heterocycles. The number of thiophene rings is 1. The van der Waals surface area contributed by atoms with Gasteiger partial charge in [-0.15, -0.1) is 22.9 Å². The number of halogens is 2. The third kappa shape index (κ3) is 2.39. The van der Waals surface area contributed by atoms with Crippen LogP contribution in [0.4, 0.5) is 0 Å². The van der Waals surface area contributed by atoms with Crippen molar-refractivity contribution in [2.24, 2.45) is 0 Å². The third-order valence-electron chi connectivity index (χ3n) is 3.26. The van der Waals surface area contributed by atoms with Gasteiger partial charge in [0.15, 0.2) is 0 Å². The van der Waals surface area contributed by atoms with E-state index in [0.717, 1.165) is 16.9 Å². The van der Waals surface area contributed by atoms with Gasteiger partial charge in [0, 0.05) is 9.72 Å². The Bertz CT molecular complexity index is 751. The molecule has 3 aromatic rings. The van der Waals surface area contributed by atoms with Crippen molar-refractivity contribution >= 4 is 44.6 Å². The minimum Gasteiger partial charge on any atom is -0.497 e. The Morgan fingerprint density at radius 1 is 1.10 bits per heavy atom. The number of hydrogen-bond acceptors (Lipinski definition) is 2. The van der Waals surface area contributed by atoms with Crippen LogP contribution in [0.1, 0.15) is 16.5 Å². The van der Waals surface area contributed by atoms with Crippen molar-refractivity contribution in [2.45, 2.75) is 5.38 Å². The topological polar surface area (TPSA) is 9.23 Å². The predicted octanol–water partition coefficient (Wildman–Crippen LogP) is 5.89. The molecule has 0 bridgehead atoms. The molecule has 1 unspecified atom stereocenters. The summed E-state index contributed by atoms with van der Waals surface area (Å²) in [5.41, 5.74) is 2.00. The van der Waals surface area contributed by atoms with Crippen molar-refractivity contribution in [2.75, 3.05) is 7.11 Å². The first kappa shape index (κ1) is 13.7. The Kier molecular flexibility index (Phi) is 3.88. The Morgan fingerprint density at radius 3 is 2.65 bits per heavy atom. The molecular formula is C16H12Cl2OS. The molecule has 1 heterocycles. The van der Waals surface area contributed by atoms with E-state index < -0.39 is 0 Å². The van der Waals surface area contributed by atoms with Crippen LogP contribution >= 0.6 is 34.5 Å². The molecule has 1 nitrogen and oxygen atoms in total. The monoisotopic (exact) mass is 322 g/mol. The van der Waals surface area contributed by atoms with Gasteiger partial charge in [0.25, 0.3) is 0 Å². The van der Waals surface area contributed by atoms with E-state index in [1.807, 2.05) is 24.3 Å². The van der Waals surface area contributed by atoms with E-state index in [9.17, 15) is 0 Å². The third-order valence-corrected chi connectivity index (χ3v) is 5.04. The summed E-state index contributed by atoms with van der Waals surface area (Å²) in [6.45, 7) is 0. The molecule has 1 atom stereocenters. The van der Waals surface area contributed by atoms with Gasteiger partial charge in [-0.1, -0.05) is 35.9 Å². The van der Waals surface area contributed by atoms with Crippen LogP contribution in [0.15, 0.2) is 47.8 Å². The van der Waals surface area contributed by atoms with Crippen molar-refractivity contribution < 1.29 is 4.74 Å². The van der Waals surface area contributed by atoms with Crippen molar-refractivity contribution in [1.29, 1.82) is 0 Å². The smallest absolute Gasteiger partial charge is 0.120 e. The number of alkyl halides is 1. The Balaban J connectivity index is 2.06. The number of hydrogen-bond donors (Lipinski definition) is 0. The molecule has 0 N–H and O–H groups in total. The molecule has 102 valence electrons. The highest BCUT2D eigenvalue weighted by molar-refractivity contribution is 7.17. The first-order chi connectivity index (χ1) is 9.70. The van der Waals surface area contributed by atoms with Gasteiger partial charge >= 0.3 is 0 Å². The molecule has 4 heteroatoms. The summed E-state index contributed by atoms with van der Waals surface area (Å²) in [4.78, 5) is 0. The lowest BCUT2D eigenvalue weighted by Gasteiger charge is -2.12. The lowest BCUT2D eigenvalue weighted by molar-refractivity contribution is 0.414. The average molecular weight is 323 g/mol. The second-order valence-electron chi connectivity index (χ2n) is 4.44. The fourth-order valence-electron chi connectivity index (χ4n) is 2.20. The first-order valence-electron chi connectivity index (χ1n) is 6.14. The maximum atomic E-state index is 6.63. The zero-order valence-electron chi connectivity index (χ0n) is 10.8. The van der Waals surface area contributed by atoms with E-state index >= 15 is 0 Å². The summed E-state index contributed by atoms with van der Waals surface area (Å²) in [7, 11) is 1.62. The fraction of sp³-hybridized carbons (Fsp3) is 0.125. The van der Waals surface area contributed by atoms with Gasteiger partial charge in [0.1, 0.15) is 5.75 Å². The Morgan fingerprint density at radius 2 is 1.90 bits per heavy atom. The first-order valence-corrected chi connectivity index (χ1v) is 7.83. The molecule has 3 rings (SSSR count). The van der Waals surface area contributed by atoms with Crippen LogP contribution in [0, 0.1) is 0 Å². The van der Waals surface area contributed by atoms with Gasteiger partial charge in [-0.3, -0.25) is 0 Å². The van der Waals surface area contributed by atoms with Crippen molar-refractivity contribution in [1.82, 2.24) is 0 Å². The summed E-state index contributed by atoms with van der Waals surface area (Å²) in [5.74, 6) is 0.734. The van der Waals surface area contributed by atoms with Crippen LogP contribution in [0.25, 0.3) is 10.1 Å². The maximum absolute atomic E-state index is 6.63. The average Bonchev–Trinajstić information content (AvgIpc) is 2.90. The number of fused-ring (bicyclic) bond motifs is 1. The molecule has 20 heavy (non-hydrogen) atoms. The lowest BCUT2D eigenvalue weighted by atomic mass is 10.0. The molecule has 0 saturated carbocycles. The van der Waals surface area contributed by atoms with Gasteiger partial charge < -0.3 is 4.74 Å².